The number of hydrogen-bond donors (Lipinski definition) is 0. The number of ether oxygens (including phenoxy) is 1. The van der Waals surface area contributed by atoms with Gasteiger partial charge in [-0.15, -0.1) is 0 Å². The van der Waals surface area contributed by atoms with Gasteiger partial charge < -0.3 is 4.74 Å². The average molecular weight is 475 g/mol. The summed E-state index contributed by atoms with van der Waals surface area (Å²) in [6, 6.07) is 7.74. The molecular formula is C30H41F3O. The molecule has 0 amide bonds. The van der Waals surface area contributed by atoms with Gasteiger partial charge >= 0.3 is 0 Å². The molecule has 0 bridgehead atoms. The van der Waals surface area contributed by atoms with E-state index >= 15 is 0 Å². The lowest BCUT2D eigenvalue weighted by molar-refractivity contribution is 0.301. The van der Waals surface area contributed by atoms with E-state index in [9.17, 15) is 13.2 Å². The van der Waals surface area contributed by atoms with E-state index in [0.29, 0.717) is 5.92 Å². The zero-order valence-corrected chi connectivity index (χ0v) is 21.0. The Morgan fingerprint density at radius 3 is 2.03 bits per heavy atom. The van der Waals surface area contributed by atoms with Crippen LogP contribution in [0.4, 0.5) is 13.2 Å². The van der Waals surface area contributed by atoms with Crippen LogP contribution in [0.1, 0.15) is 109 Å². The van der Waals surface area contributed by atoms with Crippen LogP contribution in [0.5, 0.6) is 5.75 Å². The third-order valence-electron chi connectivity index (χ3n) is 7.41. The molecular weight excluding hydrogens is 433 g/mol. The number of benzene rings is 2. The van der Waals surface area contributed by atoms with Gasteiger partial charge in [-0.25, -0.2) is 8.78 Å². The van der Waals surface area contributed by atoms with Gasteiger partial charge in [0.05, 0.1) is 6.61 Å². The van der Waals surface area contributed by atoms with Crippen LogP contribution in [0.15, 0.2) is 30.3 Å². The van der Waals surface area contributed by atoms with Crippen molar-refractivity contribution < 1.29 is 17.9 Å². The van der Waals surface area contributed by atoms with Gasteiger partial charge in [0.2, 0.25) is 5.82 Å². The minimum Gasteiger partial charge on any atom is -0.491 e. The van der Waals surface area contributed by atoms with Crippen molar-refractivity contribution in [3.63, 3.8) is 0 Å². The van der Waals surface area contributed by atoms with E-state index in [1.165, 1.54) is 88.8 Å². The summed E-state index contributed by atoms with van der Waals surface area (Å²) in [6.45, 7) is 4.20. The molecule has 3 rings (SSSR count). The third-order valence-corrected chi connectivity index (χ3v) is 7.41. The summed E-state index contributed by atoms with van der Waals surface area (Å²) in [6.07, 6.45) is 16.7. The molecule has 0 aromatic heterocycles. The maximum atomic E-state index is 14.9. The molecule has 1 aliphatic rings. The molecule has 0 spiro atoms. The van der Waals surface area contributed by atoms with Crippen molar-refractivity contribution in [2.24, 2.45) is 5.92 Å². The lowest BCUT2D eigenvalue weighted by Crippen LogP contribution is -2.13. The molecule has 1 nitrogen and oxygen atoms in total. The van der Waals surface area contributed by atoms with E-state index in [0.717, 1.165) is 24.3 Å². The first-order valence-electron chi connectivity index (χ1n) is 13.5. The van der Waals surface area contributed by atoms with Crippen LogP contribution in [0.2, 0.25) is 0 Å². The molecule has 0 heterocycles. The van der Waals surface area contributed by atoms with Crippen LogP contribution in [-0.4, -0.2) is 6.61 Å². The van der Waals surface area contributed by atoms with Crippen LogP contribution >= 0.6 is 0 Å². The van der Waals surface area contributed by atoms with E-state index in [1.807, 2.05) is 6.07 Å². The number of unbranched alkanes of at least 4 members (excludes halogenated alkanes) is 7. The molecule has 1 saturated carbocycles. The summed E-state index contributed by atoms with van der Waals surface area (Å²) in [7, 11) is 0. The summed E-state index contributed by atoms with van der Waals surface area (Å²) in [5, 5.41) is 0. The fourth-order valence-corrected chi connectivity index (χ4v) is 5.36. The van der Waals surface area contributed by atoms with Crippen LogP contribution < -0.4 is 4.74 Å². The summed E-state index contributed by atoms with van der Waals surface area (Å²) in [5.41, 5.74) is 0.990. The second-order valence-electron chi connectivity index (χ2n) is 9.89. The summed E-state index contributed by atoms with van der Waals surface area (Å²) < 4.78 is 48.8. The maximum absolute atomic E-state index is 14.9. The SMILES string of the molecule is CCCCCCCCCCC1CCC(c2ccc(-c3ccc(OCC)c(F)c3F)c(F)c2)CC1. The average Bonchev–Trinajstić information content (AvgIpc) is 2.85. The molecule has 0 aliphatic heterocycles. The topological polar surface area (TPSA) is 9.23 Å². The lowest BCUT2D eigenvalue weighted by Gasteiger charge is -2.29. The highest BCUT2D eigenvalue weighted by Gasteiger charge is 2.24. The molecule has 1 aliphatic carbocycles. The van der Waals surface area contributed by atoms with Gasteiger partial charge in [-0.1, -0.05) is 76.8 Å². The fourth-order valence-electron chi connectivity index (χ4n) is 5.36. The molecule has 2 aromatic carbocycles. The highest BCUT2D eigenvalue weighted by Crippen LogP contribution is 2.39. The minimum absolute atomic E-state index is 0.0703. The Bertz CT molecular complexity index is 887. The number of hydrogen-bond acceptors (Lipinski definition) is 1. The highest BCUT2D eigenvalue weighted by molar-refractivity contribution is 5.66. The molecule has 4 heteroatoms. The summed E-state index contributed by atoms with van der Waals surface area (Å²) in [4.78, 5) is 0. The van der Waals surface area contributed by atoms with Gasteiger partial charge in [-0.3, -0.25) is 0 Å². The Balaban J connectivity index is 1.48. The van der Waals surface area contributed by atoms with Crippen LogP contribution in [0.25, 0.3) is 11.1 Å². The minimum atomic E-state index is -1.07. The standard InChI is InChI=1S/C30H41F3O/c1-3-5-6-7-8-9-10-11-12-22-13-15-23(16-14-22)24-17-18-25(27(31)21-24)26-19-20-28(34-4-2)30(33)29(26)32/h17-23H,3-16H2,1-2H3. The Labute approximate surface area is 204 Å². The van der Waals surface area contributed by atoms with E-state index in [-0.39, 0.29) is 23.5 Å². The molecule has 0 radical (unpaired) electrons. The zero-order chi connectivity index (χ0) is 24.3. The summed E-state index contributed by atoms with van der Waals surface area (Å²) >= 11 is 0. The zero-order valence-electron chi connectivity index (χ0n) is 21.0. The van der Waals surface area contributed by atoms with E-state index in [4.69, 9.17) is 4.74 Å². The van der Waals surface area contributed by atoms with Gasteiger partial charge in [-0.2, -0.15) is 4.39 Å². The van der Waals surface area contributed by atoms with Crippen molar-refractivity contribution in [2.75, 3.05) is 6.61 Å². The van der Waals surface area contributed by atoms with Gasteiger partial charge in [0.25, 0.3) is 0 Å². The lowest BCUT2D eigenvalue weighted by atomic mass is 9.77. The first-order valence-corrected chi connectivity index (χ1v) is 13.5. The van der Waals surface area contributed by atoms with Crippen LogP contribution in [-0.2, 0) is 0 Å². The monoisotopic (exact) mass is 474 g/mol. The number of rotatable bonds is 13. The normalized spacial score (nSPS) is 18.3. The van der Waals surface area contributed by atoms with Crippen molar-refractivity contribution >= 4 is 0 Å². The van der Waals surface area contributed by atoms with Crippen molar-refractivity contribution in [1.82, 2.24) is 0 Å². The van der Waals surface area contributed by atoms with E-state index < -0.39 is 17.5 Å². The first-order chi connectivity index (χ1) is 16.5. The second-order valence-corrected chi connectivity index (χ2v) is 9.89. The second kappa shape index (κ2) is 13.8. The van der Waals surface area contributed by atoms with E-state index in [1.54, 1.807) is 13.0 Å². The Hall–Kier alpha value is -1.97. The van der Waals surface area contributed by atoms with Gasteiger partial charge in [0, 0.05) is 11.1 Å². The fraction of sp³-hybridized carbons (Fsp3) is 0.600. The summed E-state index contributed by atoms with van der Waals surface area (Å²) in [5.74, 6) is -1.65. The molecule has 0 N–H and O–H groups in total. The van der Waals surface area contributed by atoms with Gasteiger partial charge in [0.15, 0.2) is 11.6 Å². The molecule has 0 unspecified atom stereocenters. The molecule has 0 saturated heterocycles. The molecule has 2 aromatic rings. The van der Waals surface area contributed by atoms with Crippen LogP contribution in [0, 0.1) is 23.4 Å². The van der Waals surface area contributed by atoms with Crippen molar-refractivity contribution in [1.29, 1.82) is 0 Å². The van der Waals surface area contributed by atoms with Crippen molar-refractivity contribution in [3.8, 4) is 16.9 Å². The van der Waals surface area contributed by atoms with Crippen molar-refractivity contribution in [2.45, 2.75) is 103 Å². The molecule has 34 heavy (non-hydrogen) atoms. The third kappa shape index (κ3) is 7.26. The van der Waals surface area contributed by atoms with Crippen LogP contribution in [0.3, 0.4) is 0 Å². The largest absolute Gasteiger partial charge is 0.491 e. The maximum Gasteiger partial charge on any atom is 0.201 e. The Morgan fingerprint density at radius 2 is 1.38 bits per heavy atom. The predicted octanol–water partition coefficient (Wildman–Crippen LogP) is 9.97. The molecule has 188 valence electrons. The molecule has 1 fully saturated rings. The van der Waals surface area contributed by atoms with Crippen molar-refractivity contribution in [3.05, 3.63) is 53.3 Å². The van der Waals surface area contributed by atoms with E-state index in [2.05, 4.69) is 6.92 Å². The highest BCUT2D eigenvalue weighted by atomic mass is 19.2. The number of halogens is 3. The first kappa shape index (κ1) is 26.6. The molecule has 0 atom stereocenters. The Morgan fingerprint density at radius 1 is 0.735 bits per heavy atom. The predicted molar refractivity (Wildman–Crippen MR) is 135 cm³/mol. The smallest absolute Gasteiger partial charge is 0.201 e. The Kier molecular flexibility index (Phi) is 10.8. The quantitative estimate of drug-likeness (QED) is 0.262. The van der Waals surface area contributed by atoms with Gasteiger partial charge in [-0.05, 0) is 68.2 Å². The van der Waals surface area contributed by atoms with Gasteiger partial charge in [0.1, 0.15) is 5.82 Å².